The van der Waals surface area contributed by atoms with Gasteiger partial charge in [0.1, 0.15) is 12.4 Å². The fourth-order valence-corrected chi connectivity index (χ4v) is 2.53. The zero-order valence-corrected chi connectivity index (χ0v) is 11.4. The maximum atomic E-state index is 11.9. The van der Waals surface area contributed by atoms with Crippen molar-refractivity contribution >= 4 is 29.3 Å². The molecule has 1 aliphatic rings. The molecule has 1 amide bonds. The van der Waals surface area contributed by atoms with Crippen molar-refractivity contribution in [2.75, 3.05) is 23.8 Å². The van der Waals surface area contributed by atoms with Crippen molar-refractivity contribution in [3.63, 3.8) is 0 Å². The summed E-state index contributed by atoms with van der Waals surface area (Å²) in [7, 11) is 0. The Morgan fingerprint density at radius 1 is 1.47 bits per heavy atom. The van der Waals surface area contributed by atoms with Gasteiger partial charge in [-0.3, -0.25) is 9.59 Å². The molecule has 102 valence electrons. The number of anilines is 1. The summed E-state index contributed by atoms with van der Waals surface area (Å²) in [6, 6.07) is 5.41. The molecule has 0 saturated heterocycles. The number of amides is 1. The molecule has 0 saturated carbocycles. The zero-order chi connectivity index (χ0) is 13.8. The van der Waals surface area contributed by atoms with E-state index in [2.05, 4.69) is 0 Å². The van der Waals surface area contributed by atoms with E-state index in [1.165, 1.54) is 11.8 Å². The highest BCUT2D eigenvalue weighted by molar-refractivity contribution is 8.00. The molecule has 1 N–H and O–H groups in total. The summed E-state index contributed by atoms with van der Waals surface area (Å²) in [6.07, 6.45) is 0.436. The Bertz CT molecular complexity index is 503. The fourth-order valence-electron chi connectivity index (χ4n) is 1.88. The lowest BCUT2D eigenvalue weighted by molar-refractivity contribution is -0.133. The molecule has 0 spiro atoms. The van der Waals surface area contributed by atoms with Gasteiger partial charge in [-0.15, -0.1) is 11.8 Å². The van der Waals surface area contributed by atoms with Gasteiger partial charge in [0.25, 0.3) is 0 Å². The summed E-state index contributed by atoms with van der Waals surface area (Å²) >= 11 is 1.23. The summed E-state index contributed by atoms with van der Waals surface area (Å²) < 4.78 is 5.51. The van der Waals surface area contributed by atoms with Crippen LogP contribution in [0.5, 0.6) is 5.75 Å². The number of carbonyl (C=O) groups is 2. The number of aliphatic carboxylic acids is 1. The second-order valence-corrected chi connectivity index (χ2v) is 5.11. The number of rotatable bonds is 4. The van der Waals surface area contributed by atoms with E-state index >= 15 is 0 Å². The van der Waals surface area contributed by atoms with Crippen molar-refractivity contribution < 1.29 is 19.4 Å². The highest BCUT2D eigenvalue weighted by atomic mass is 32.2. The molecular weight excluding hydrogens is 266 g/mol. The van der Waals surface area contributed by atoms with E-state index in [-0.39, 0.29) is 11.7 Å². The molecule has 0 radical (unpaired) electrons. The number of carboxylic acid groups (broad SMARTS) is 1. The van der Waals surface area contributed by atoms with E-state index in [0.717, 1.165) is 10.6 Å². The Labute approximate surface area is 115 Å². The number of carboxylic acids is 1. The van der Waals surface area contributed by atoms with E-state index in [1.54, 1.807) is 11.0 Å². The third-order valence-electron chi connectivity index (χ3n) is 2.76. The molecule has 19 heavy (non-hydrogen) atoms. The average molecular weight is 281 g/mol. The number of hydrogen-bond donors (Lipinski definition) is 1. The standard InChI is InChI=1S/C13H15NO4S/c1-2-12(15)14-5-6-18-11-4-3-9(7-10(11)14)19-8-13(16)17/h3-4,7H,2,5-6,8H2,1H3,(H,16,17). The first kappa shape index (κ1) is 13.7. The van der Waals surface area contributed by atoms with E-state index < -0.39 is 5.97 Å². The van der Waals surface area contributed by atoms with Gasteiger partial charge < -0.3 is 14.7 Å². The van der Waals surface area contributed by atoms with Crippen molar-refractivity contribution in [1.82, 2.24) is 0 Å². The Morgan fingerprint density at radius 3 is 2.95 bits per heavy atom. The van der Waals surface area contributed by atoms with Gasteiger partial charge in [0, 0.05) is 11.3 Å². The van der Waals surface area contributed by atoms with Gasteiger partial charge in [0.15, 0.2) is 0 Å². The zero-order valence-electron chi connectivity index (χ0n) is 10.6. The maximum absolute atomic E-state index is 11.9. The Morgan fingerprint density at radius 2 is 2.26 bits per heavy atom. The predicted molar refractivity (Wildman–Crippen MR) is 72.9 cm³/mol. The van der Waals surface area contributed by atoms with Crippen LogP contribution in [0.3, 0.4) is 0 Å². The van der Waals surface area contributed by atoms with E-state index in [1.807, 2.05) is 19.1 Å². The van der Waals surface area contributed by atoms with Gasteiger partial charge in [-0.1, -0.05) is 6.92 Å². The summed E-state index contributed by atoms with van der Waals surface area (Å²) in [6.45, 7) is 2.84. The molecule has 2 rings (SSSR count). The van der Waals surface area contributed by atoms with Crippen LogP contribution in [0, 0.1) is 0 Å². The van der Waals surface area contributed by atoms with E-state index in [4.69, 9.17) is 9.84 Å². The molecule has 1 heterocycles. The lowest BCUT2D eigenvalue weighted by Gasteiger charge is -2.29. The molecule has 0 aliphatic carbocycles. The minimum Gasteiger partial charge on any atom is -0.490 e. The number of benzene rings is 1. The molecule has 1 aromatic carbocycles. The van der Waals surface area contributed by atoms with Crippen molar-refractivity contribution in [2.24, 2.45) is 0 Å². The highest BCUT2D eigenvalue weighted by Gasteiger charge is 2.22. The number of ether oxygens (including phenoxy) is 1. The monoisotopic (exact) mass is 281 g/mol. The van der Waals surface area contributed by atoms with Crippen LogP contribution in [-0.2, 0) is 9.59 Å². The van der Waals surface area contributed by atoms with Gasteiger partial charge in [0.05, 0.1) is 18.0 Å². The number of carbonyl (C=O) groups excluding carboxylic acids is 1. The second-order valence-electron chi connectivity index (χ2n) is 4.06. The third kappa shape index (κ3) is 3.20. The second kappa shape index (κ2) is 5.97. The third-order valence-corrected chi connectivity index (χ3v) is 3.74. The van der Waals surface area contributed by atoms with Gasteiger partial charge in [-0.05, 0) is 18.2 Å². The molecule has 0 bridgehead atoms. The van der Waals surface area contributed by atoms with Crippen LogP contribution in [0.25, 0.3) is 0 Å². The van der Waals surface area contributed by atoms with Gasteiger partial charge in [-0.2, -0.15) is 0 Å². The van der Waals surface area contributed by atoms with Crippen molar-refractivity contribution in [1.29, 1.82) is 0 Å². The lowest BCUT2D eigenvalue weighted by Crippen LogP contribution is -2.37. The number of fused-ring (bicyclic) bond motifs is 1. The van der Waals surface area contributed by atoms with Gasteiger partial charge >= 0.3 is 5.97 Å². The lowest BCUT2D eigenvalue weighted by atomic mass is 10.2. The largest absolute Gasteiger partial charge is 0.490 e. The molecule has 5 nitrogen and oxygen atoms in total. The molecule has 0 unspecified atom stereocenters. The first-order valence-corrected chi connectivity index (χ1v) is 7.02. The van der Waals surface area contributed by atoms with Crippen LogP contribution in [-0.4, -0.2) is 35.9 Å². The number of hydrogen-bond acceptors (Lipinski definition) is 4. The van der Waals surface area contributed by atoms with Crippen LogP contribution >= 0.6 is 11.8 Å². The Kier molecular flexibility index (Phi) is 4.31. The summed E-state index contributed by atoms with van der Waals surface area (Å²) in [4.78, 5) is 25.0. The van der Waals surface area contributed by atoms with E-state index in [9.17, 15) is 9.59 Å². The summed E-state index contributed by atoms with van der Waals surface area (Å²) in [5.74, 6) is -0.139. The molecule has 1 aromatic rings. The van der Waals surface area contributed by atoms with E-state index in [0.29, 0.717) is 25.3 Å². The SMILES string of the molecule is CCC(=O)N1CCOc2ccc(SCC(=O)O)cc21. The number of thioether (sulfide) groups is 1. The molecule has 6 heteroatoms. The first-order chi connectivity index (χ1) is 9.11. The minimum atomic E-state index is -0.861. The quantitative estimate of drug-likeness (QED) is 0.855. The predicted octanol–water partition coefficient (Wildman–Crippen LogP) is 2.00. The first-order valence-electron chi connectivity index (χ1n) is 6.03. The minimum absolute atomic E-state index is 0.00136. The smallest absolute Gasteiger partial charge is 0.313 e. The molecule has 0 atom stereocenters. The average Bonchev–Trinajstić information content (AvgIpc) is 2.43. The Hall–Kier alpha value is -1.69. The molecule has 0 aromatic heterocycles. The normalized spacial score (nSPS) is 13.6. The maximum Gasteiger partial charge on any atom is 0.313 e. The van der Waals surface area contributed by atoms with Gasteiger partial charge in [-0.25, -0.2) is 0 Å². The van der Waals surface area contributed by atoms with Crippen LogP contribution in [0.4, 0.5) is 5.69 Å². The van der Waals surface area contributed by atoms with Crippen LogP contribution in [0.1, 0.15) is 13.3 Å². The molecule has 0 fully saturated rings. The topological polar surface area (TPSA) is 66.8 Å². The van der Waals surface area contributed by atoms with Crippen LogP contribution in [0.15, 0.2) is 23.1 Å². The Balaban J connectivity index is 2.24. The fraction of sp³-hybridized carbons (Fsp3) is 0.385. The number of nitrogens with zero attached hydrogens (tertiary/aromatic N) is 1. The van der Waals surface area contributed by atoms with Crippen molar-refractivity contribution in [3.05, 3.63) is 18.2 Å². The summed E-state index contributed by atoms with van der Waals surface area (Å²) in [5, 5.41) is 8.68. The van der Waals surface area contributed by atoms with Gasteiger partial charge in [0.2, 0.25) is 5.91 Å². The molecular formula is C13H15NO4S. The van der Waals surface area contributed by atoms with Crippen molar-refractivity contribution in [3.8, 4) is 5.75 Å². The van der Waals surface area contributed by atoms with Crippen LogP contribution < -0.4 is 9.64 Å². The summed E-state index contributed by atoms with van der Waals surface area (Å²) in [5.41, 5.74) is 0.730. The van der Waals surface area contributed by atoms with Crippen molar-refractivity contribution in [2.45, 2.75) is 18.2 Å². The highest BCUT2D eigenvalue weighted by Crippen LogP contribution is 2.35. The van der Waals surface area contributed by atoms with Crippen LogP contribution in [0.2, 0.25) is 0 Å². The molecule has 1 aliphatic heterocycles.